The largest absolute Gasteiger partial charge is 0.506 e. The molecule has 2 rings (SSSR count). The van der Waals surface area contributed by atoms with Crippen LogP contribution >= 0.6 is 12.2 Å². The molecule has 164 valence electrons. The molecule has 1 aromatic carbocycles. The highest BCUT2D eigenvalue weighted by Crippen LogP contribution is 2.36. The van der Waals surface area contributed by atoms with Gasteiger partial charge in [0, 0.05) is 12.5 Å². The van der Waals surface area contributed by atoms with Crippen LogP contribution in [0.2, 0.25) is 0 Å². The molecule has 0 saturated carbocycles. The van der Waals surface area contributed by atoms with Gasteiger partial charge >= 0.3 is 5.97 Å². The van der Waals surface area contributed by atoms with Gasteiger partial charge in [-0.3, -0.25) is 9.59 Å². The van der Waals surface area contributed by atoms with Gasteiger partial charge in [-0.25, -0.2) is 0 Å². The van der Waals surface area contributed by atoms with Crippen molar-refractivity contribution in [2.45, 2.75) is 46.0 Å². The summed E-state index contributed by atoms with van der Waals surface area (Å²) in [4.78, 5) is 26.1. The first-order valence-corrected chi connectivity index (χ1v) is 10.5. The molecule has 0 atom stereocenters. The molecule has 1 heterocycles. The molecule has 1 amide bonds. The minimum Gasteiger partial charge on any atom is -0.506 e. The second-order valence-electron chi connectivity index (χ2n) is 6.84. The van der Waals surface area contributed by atoms with Crippen molar-refractivity contribution in [1.29, 1.82) is 0 Å². The van der Waals surface area contributed by atoms with Crippen LogP contribution in [0.1, 0.15) is 45.1 Å². The molecule has 0 spiro atoms. The first kappa shape index (κ1) is 23.5. The van der Waals surface area contributed by atoms with Gasteiger partial charge in [0.05, 0.1) is 24.6 Å². The third-order valence-corrected chi connectivity index (χ3v) is 4.70. The molecule has 1 aliphatic heterocycles. The maximum atomic E-state index is 12.6. The number of carbonyl (C=O) groups is 2. The molecular weight excluding hydrogens is 406 g/mol. The Morgan fingerprint density at radius 1 is 1.30 bits per heavy atom. The number of phenolic OH excluding ortho intramolecular Hbond substituents is 1. The van der Waals surface area contributed by atoms with Crippen LogP contribution in [0, 0.1) is 0 Å². The lowest BCUT2D eigenvalue weighted by atomic mass is 10.1. The molecule has 0 aliphatic carbocycles. The predicted molar refractivity (Wildman–Crippen MR) is 119 cm³/mol. The SMILES string of the molecule is C=C(NC(=S)Nc1cc2c(cc1O)N(CC(=O)OCCCC)C(=O)CCC2)OCC. The Hall–Kier alpha value is -2.81. The van der Waals surface area contributed by atoms with Crippen molar-refractivity contribution in [1.82, 2.24) is 5.32 Å². The fourth-order valence-corrected chi connectivity index (χ4v) is 3.27. The molecule has 8 nitrogen and oxygen atoms in total. The third-order valence-electron chi connectivity index (χ3n) is 4.49. The van der Waals surface area contributed by atoms with Gasteiger partial charge in [-0.05, 0) is 56.6 Å². The number of rotatable bonds is 9. The Balaban J connectivity index is 2.18. The van der Waals surface area contributed by atoms with Gasteiger partial charge in [0.25, 0.3) is 0 Å². The van der Waals surface area contributed by atoms with Crippen molar-refractivity contribution in [3.8, 4) is 5.75 Å². The number of ether oxygens (including phenoxy) is 2. The van der Waals surface area contributed by atoms with Gasteiger partial charge in [-0.15, -0.1) is 0 Å². The zero-order valence-corrected chi connectivity index (χ0v) is 18.3. The van der Waals surface area contributed by atoms with Crippen molar-refractivity contribution in [2.75, 3.05) is 30.0 Å². The van der Waals surface area contributed by atoms with Crippen LogP contribution in [-0.2, 0) is 25.5 Å². The Morgan fingerprint density at radius 2 is 2.07 bits per heavy atom. The van der Waals surface area contributed by atoms with Gasteiger partial charge in [-0.2, -0.15) is 0 Å². The molecule has 30 heavy (non-hydrogen) atoms. The highest BCUT2D eigenvalue weighted by molar-refractivity contribution is 7.80. The minimum atomic E-state index is -0.467. The zero-order chi connectivity index (χ0) is 22.1. The van der Waals surface area contributed by atoms with E-state index in [4.69, 9.17) is 21.7 Å². The van der Waals surface area contributed by atoms with Gasteiger partial charge < -0.3 is 30.1 Å². The number of esters is 1. The third kappa shape index (κ3) is 6.62. The van der Waals surface area contributed by atoms with E-state index in [-0.39, 0.29) is 23.3 Å². The second-order valence-corrected chi connectivity index (χ2v) is 7.25. The summed E-state index contributed by atoms with van der Waals surface area (Å²) in [6, 6.07) is 3.20. The van der Waals surface area contributed by atoms with Crippen LogP contribution in [0.3, 0.4) is 0 Å². The van der Waals surface area contributed by atoms with Crippen molar-refractivity contribution in [3.05, 3.63) is 30.2 Å². The molecule has 1 aliphatic rings. The Morgan fingerprint density at radius 3 is 2.77 bits per heavy atom. The molecular formula is C21H29N3O5S. The van der Waals surface area contributed by atoms with E-state index in [1.54, 1.807) is 6.07 Å². The molecule has 1 aromatic rings. The molecule has 3 N–H and O–H groups in total. The minimum absolute atomic E-state index is 0.0982. The van der Waals surface area contributed by atoms with Crippen molar-refractivity contribution in [2.24, 2.45) is 0 Å². The summed E-state index contributed by atoms with van der Waals surface area (Å²) in [7, 11) is 0. The number of carbonyl (C=O) groups excluding carboxylic acids is 2. The highest BCUT2D eigenvalue weighted by atomic mass is 32.1. The van der Waals surface area contributed by atoms with E-state index in [2.05, 4.69) is 17.2 Å². The van der Waals surface area contributed by atoms with Crippen molar-refractivity contribution < 1.29 is 24.2 Å². The maximum Gasteiger partial charge on any atom is 0.326 e. The molecule has 0 radical (unpaired) electrons. The summed E-state index contributed by atoms with van der Waals surface area (Å²) in [5.74, 6) is -0.445. The van der Waals surface area contributed by atoms with E-state index in [1.807, 2.05) is 13.8 Å². The van der Waals surface area contributed by atoms with Gasteiger partial charge in [-0.1, -0.05) is 13.3 Å². The maximum absolute atomic E-state index is 12.6. The van der Waals surface area contributed by atoms with Crippen LogP contribution in [0.15, 0.2) is 24.6 Å². The van der Waals surface area contributed by atoms with Gasteiger partial charge in [0.2, 0.25) is 5.91 Å². The number of nitrogens with zero attached hydrogens (tertiary/aromatic N) is 1. The number of phenols is 1. The number of nitrogens with one attached hydrogen (secondary N) is 2. The number of anilines is 2. The Labute approximate surface area is 182 Å². The van der Waals surface area contributed by atoms with Gasteiger partial charge in [0.15, 0.2) is 11.0 Å². The summed E-state index contributed by atoms with van der Waals surface area (Å²) in [6.45, 7) is 8.12. The standard InChI is InChI=1S/C21H29N3O5S/c1-4-6-10-29-20(27)13-24-17-12-18(25)16(11-15(17)8-7-9-19(24)26)23-21(30)22-14(3)28-5-2/h11-12,25H,3-10,13H2,1-2H3,(H2,22,23,30). The van der Waals surface area contributed by atoms with Crippen LogP contribution in [0.4, 0.5) is 11.4 Å². The number of fused-ring (bicyclic) bond motifs is 1. The Kier molecular flexibility index (Phi) is 8.91. The normalized spacial score (nSPS) is 13.1. The number of hydrogen-bond donors (Lipinski definition) is 3. The lowest BCUT2D eigenvalue weighted by molar-refractivity contribution is -0.143. The second kappa shape index (κ2) is 11.4. The molecule has 0 aromatic heterocycles. The monoisotopic (exact) mass is 435 g/mol. The summed E-state index contributed by atoms with van der Waals surface area (Å²) in [5, 5.41) is 16.4. The number of amides is 1. The first-order valence-electron chi connectivity index (χ1n) is 10.1. The Bertz CT molecular complexity index is 812. The van der Waals surface area contributed by atoms with E-state index in [9.17, 15) is 14.7 Å². The summed E-state index contributed by atoms with van der Waals surface area (Å²) in [6.07, 6.45) is 3.27. The molecule has 0 fully saturated rings. The fraction of sp³-hybridized carbons (Fsp3) is 0.476. The molecule has 0 saturated heterocycles. The summed E-state index contributed by atoms with van der Waals surface area (Å²) >= 11 is 5.22. The number of benzene rings is 1. The van der Waals surface area contributed by atoms with Crippen LogP contribution in [0.25, 0.3) is 0 Å². The number of unbranched alkanes of at least 4 members (excludes halogenated alkanes) is 1. The van der Waals surface area contributed by atoms with E-state index < -0.39 is 5.97 Å². The average Bonchev–Trinajstić information content (AvgIpc) is 2.81. The van der Waals surface area contributed by atoms with E-state index in [0.717, 1.165) is 18.4 Å². The van der Waals surface area contributed by atoms with Crippen molar-refractivity contribution in [3.63, 3.8) is 0 Å². The fourth-order valence-electron chi connectivity index (χ4n) is 3.04. The molecule has 9 heteroatoms. The number of aromatic hydroxyl groups is 1. The smallest absolute Gasteiger partial charge is 0.326 e. The lowest BCUT2D eigenvalue weighted by Crippen LogP contribution is -2.36. The number of aryl methyl sites for hydroxylation is 1. The lowest BCUT2D eigenvalue weighted by Gasteiger charge is -2.23. The van der Waals surface area contributed by atoms with Crippen molar-refractivity contribution >= 4 is 40.6 Å². The van der Waals surface area contributed by atoms with E-state index >= 15 is 0 Å². The number of thiocarbonyl (C=S) groups is 1. The van der Waals surface area contributed by atoms with Crippen LogP contribution in [0.5, 0.6) is 5.75 Å². The zero-order valence-electron chi connectivity index (χ0n) is 17.5. The quantitative estimate of drug-likeness (QED) is 0.179. The van der Waals surface area contributed by atoms with Crippen LogP contribution in [-0.4, -0.2) is 41.9 Å². The molecule has 0 bridgehead atoms. The van der Waals surface area contributed by atoms with E-state index in [0.29, 0.717) is 49.7 Å². The van der Waals surface area contributed by atoms with Crippen LogP contribution < -0.4 is 15.5 Å². The summed E-state index contributed by atoms with van der Waals surface area (Å²) in [5.41, 5.74) is 1.72. The van der Waals surface area contributed by atoms with E-state index in [1.165, 1.54) is 11.0 Å². The average molecular weight is 436 g/mol. The predicted octanol–water partition coefficient (Wildman–Crippen LogP) is 3.20. The highest BCUT2D eigenvalue weighted by Gasteiger charge is 2.26. The first-order chi connectivity index (χ1) is 14.3. The molecule has 0 unspecified atom stereocenters. The topological polar surface area (TPSA) is 100 Å². The summed E-state index contributed by atoms with van der Waals surface area (Å²) < 4.78 is 10.4. The van der Waals surface area contributed by atoms with Gasteiger partial charge in [0.1, 0.15) is 12.3 Å². The number of hydrogen-bond acceptors (Lipinski definition) is 6.